The van der Waals surface area contributed by atoms with Crippen molar-refractivity contribution in [2.24, 2.45) is 28.7 Å². The molecule has 3 aliphatic rings. The lowest BCUT2D eigenvalue weighted by Crippen LogP contribution is -2.41. The van der Waals surface area contributed by atoms with Crippen molar-refractivity contribution in [3.05, 3.63) is 35.9 Å². The molecule has 2 aliphatic carbocycles. The Hall–Kier alpha value is -2.04. The molecule has 2 saturated carbocycles. The average molecular weight is 397 g/mol. The Kier molecular flexibility index (Phi) is 6.73. The Morgan fingerprint density at radius 2 is 2.03 bits per heavy atom. The first-order chi connectivity index (χ1) is 14.2. The first-order valence-corrected chi connectivity index (χ1v) is 11.5. The van der Waals surface area contributed by atoms with Gasteiger partial charge < -0.3 is 15.5 Å². The number of fused-ring (bicyclic) bond motifs is 2. The normalized spacial score (nSPS) is 28.9. The lowest BCUT2D eigenvalue weighted by molar-refractivity contribution is -0.127. The van der Waals surface area contributed by atoms with Crippen LogP contribution in [0, 0.1) is 23.7 Å². The summed E-state index contributed by atoms with van der Waals surface area (Å²) in [6, 6.07) is 10.4. The Labute approximate surface area is 175 Å². The third-order valence-electron chi connectivity index (χ3n) is 7.28. The maximum absolute atomic E-state index is 12.4. The van der Waals surface area contributed by atoms with Gasteiger partial charge in [-0.2, -0.15) is 0 Å². The molecule has 3 fully saturated rings. The number of aliphatic imine (C=N–C) groups is 1. The number of carbonyl (C=O) groups excluding carboxylic acids is 1. The quantitative estimate of drug-likeness (QED) is 0.524. The molecule has 29 heavy (non-hydrogen) atoms. The number of likely N-dealkylation sites (tertiary alicyclic amines) is 1. The third-order valence-corrected chi connectivity index (χ3v) is 7.28. The molecule has 1 saturated heterocycles. The monoisotopic (exact) mass is 396 g/mol. The minimum Gasteiger partial charge on any atom is -0.356 e. The van der Waals surface area contributed by atoms with E-state index in [0.717, 1.165) is 56.3 Å². The molecule has 5 nitrogen and oxygen atoms in total. The van der Waals surface area contributed by atoms with Crippen LogP contribution in [0.15, 0.2) is 35.3 Å². The number of hydrogen-bond acceptors (Lipinski definition) is 2. The van der Waals surface area contributed by atoms with E-state index in [-0.39, 0.29) is 5.91 Å². The summed E-state index contributed by atoms with van der Waals surface area (Å²) in [5.41, 5.74) is 1.29. The topological polar surface area (TPSA) is 56.7 Å². The Morgan fingerprint density at radius 1 is 1.17 bits per heavy atom. The van der Waals surface area contributed by atoms with Crippen molar-refractivity contribution < 1.29 is 4.79 Å². The molecule has 0 spiro atoms. The molecule has 1 amide bonds. The highest BCUT2D eigenvalue weighted by molar-refractivity contribution is 5.80. The van der Waals surface area contributed by atoms with E-state index in [2.05, 4.69) is 39.9 Å². The number of carbonyl (C=O) groups is 1. The highest BCUT2D eigenvalue weighted by Crippen LogP contribution is 2.49. The molecule has 1 aliphatic heterocycles. The Bertz CT molecular complexity index is 704. The second-order valence-electron chi connectivity index (χ2n) is 9.25. The lowest BCUT2D eigenvalue weighted by atomic mass is 9.86. The number of nitrogens with zero attached hydrogens (tertiary/aromatic N) is 2. The fourth-order valence-corrected chi connectivity index (χ4v) is 5.68. The first kappa shape index (κ1) is 20.2. The van der Waals surface area contributed by atoms with Crippen LogP contribution in [-0.4, -0.2) is 50.0 Å². The standard InChI is InChI=1S/C24H36N4O/c1-25-24(26-11-9-22-14-19-7-8-21(22)13-19)27-16-20-15-23(29)28(17-20)12-10-18-5-3-2-4-6-18/h2-6,19-22H,7-17H2,1H3,(H2,25,26,27). The van der Waals surface area contributed by atoms with Gasteiger partial charge in [0.05, 0.1) is 0 Å². The molecule has 1 heterocycles. The number of benzene rings is 1. The van der Waals surface area contributed by atoms with Gasteiger partial charge in [0.1, 0.15) is 0 Å². The van der Waals surface area contributed by atoms with Gasteiger partial charge in [-0.25, -0.2) is 0 Å². The highest BCUT2D eigenvalue weighted by Gasteiger charge is 2.38. The SMILES string of the molecule is CN=C(NCCC1CC2CCC1C2)NCC1CC(=O)N(CCc2ccccc2)C1. The maximum atomic E-state index is 12.4. The van der Waals surface area contributed by atoms with Crippen molar-refractivity contribution >= 4 is 11.9 Å². The van der Waals surface area contributed by atoms with Gasteiger partial charge in [0.2, 0.25) is 5.91 Å². The zero-order valence-electron chi connectivity index (χ0n) is 17.8. The van der Waals surface area contributed by atoms with E-state index in [1.807, 2.05) is 18.0 Å². The van der Waals surface area contributed by atoms with Crippen molar-refractivity contribution in [3.8, 4) is 0 Å². The average Bonchev–Trinajstić information content (AvgIpc) is 3.45. The zero-order chi connectivity index (χ0) is 20.1. The van der Waals surface area contributed by atoms with Crippen LogP contribution in [0.1, 0.15) is 44.1 Å². The molecular formula is C24H36N4O. The molecular weight excluding hydrogens is 360 g/mol. The van der Waals surface area contributed by atoms with Crippen LogP contribution >= 0.6 is 0 Å². The summed E-state index contributed by atoms with van der Waals surface area (Å²) in [7, 11) is 1.83. The minimum atomic E-state index is 0.284. The van der Waals surface area contributed by atoms with Gasteiger partial charge in [-0.1, -0.05) is 36.8 Å². The van der Waals surface area contributed by atoms with Crippen LogP contribution in [-0.2, 0) is 11.2 Å². The predicted octanol–water partition coefficient (Wildman–Crippen LogP) is 3.07. The smallest absolute Gasteiger partial charge is 0.223 e. The van der Waals surface area contributed by atoms with E-state index in [1.54, 1.807) is 0 Å². The summed E-state index contributed by atoms with van der Waals surface area (Å²) >= 11 is 0. The van der Waals surface area contributed by atoms with Crippen molar-refractivity contribution in [2.45, 2.75) is 44.9 Å². The van der Waals surface area contributed by atoms with Crippen LogP contribution in [0.4, 0.5) is 0 Å². The van der Waals surface area contributed by atoms with Crippen LogP contribution in [0.5, 0.6) is 0 Å². The second kappa shape index (κ2) is 9.64. The first-order valence-electron chi connectivity index (χ1n) is 11.5. The van der Waals surface area contributed by atoms with E-state index in [0.29, 0.717) is 12.3 Å². The van der Waals surface area contributed by atoms with E-state index in [1.165, 1.54) is 37.7 Å². The second-order valence-corrected chi connectivity index (χ2v) is 9.25. The molecule has 2 N–H and O–H groups in total. The molecule has 4 atom stereocenters. The number of hydrogen-bond donors (Lipinski definition) is 2. The largest absolute Gasteiger partial charge is 0.356 e. The molecule has 1 aromatic rings. The molecule has 158 valence electrons. The lowest BCUT2D eigenvalue weighted by Gasteiger charge is -2.22. The highest BCUT2D eigenvalue weighted by atomic mass is 16.2. The molecule has 0 radical (unpaired) electrons. The van der Waals surface area contributed by atoms with E-state index in [4.69, 9.17) is 0 Å². The minimum absolute atomic E-state index is 0.284. The van der Waals surface area contributed by atoms with Crippen LogP contribution in [0.25, 0.3) is 0 Å². The summed E-state index contributed by atoms with van der Waals surface area (Å²) in [4.78, 5) is 18.7. The van der Waals surface area contributed by atoms with Crippen LogP contribution in [0.3, 0.4) is 0 Å². The number of rotatable bonds is 8. The van der Waals surface area contributed by atoms with Gasteiger partial charge in [-0.3, -0.25) is 9.79 Å². The van der Waals surface area contributed by atoms with Crippen molar-refractivity contribution in [1.29, 1.82) is 0 Å². The number of nitrogens with one attached hydrogen (secondary N) is 2. The molecule has 4 rings (SSSR count). The van der Waals surface area contributed by atoms with E-state index < -0.39 is 0 Å². The predicted molar refractivity (Wildman–Crippen MR) is 118 cm³/mol. The Morgan fingerprint density at radius 3 is 2.76 bits per heavy atom. The van der Waals surface area contributed by atoms with Crippen LogP contribution in [0.2, 0.25) is 0 Å². The molecule has 0 aromatic heterocycles. The summed E-state index contributed by atoms with van der Waals surface area (Å²) in [6.45, 7) is 3.47. The van der Waals surface area contributed by atoms with Crippen molar-refractivity contribution in [2.75, 3.05) is 33.2 Å². The van der Waals surface area contributed by atoms with Gasteiger partial charge in [0, 0.05) is 45.6 Å². The maximum Gasteiger partial charge on any atom is 0.223 e. The fraction of sp³-hybridized carbons (Fsp3) is 0.667. The molecule has 1 aromatic carbocycles. The summed E-state index contributed by atoms with van der Waals surface area (Å²) in [5.74, 6) is 4.46. The molecule has 2 bridgehead atoms. The van der Waals surface area contributed by atoms with Gasteiger partial charge in [0.15, 0.2) is 5.96 Å². The summed E-state index contributed by atoms with van der Waals surface area (Å²) < 4.78 is 0. The van der Waals surface area contributed by atoms with Gasteiger partial charge in [-0.05, 0) is 55.4 Å². The van der Waals surface area contributed by atoms with Gasteiger partial charge in [-0.15, -0.1) is 0 Å². The summed E-state index contributed by atoms with van der Waals surface area (Å²) in [6.07, 6.45) is 8.69. The van der Waals surface area contributed by atoms with Crippen molar-refractivity contribution in [1.82, 2.24) is 15.5 Å². The van der Waals surface area contributed by atoms with Crippen LogP contribution < -0.4 is 10.6 Å². The fourth-order valence-electron chi connectivity index (χ4n) is 5.68. The van der Waals surface area contributed by atoms with Crippen molar-refractivity contribution in [3.63, 3.8) is 0 Å². The molecule has 4 unspecified atom stereocenters. The zero-order valence-corrected chi connectivity index (χ0v) is 17.8. The number of guanidine groups is 1. The van der Waals surface area contributed by atoms with Gasteiger partial charge in [0.25, 0.3) is 0 Å². The summed E-state index contributed by atoms with van der Waals surface area (Å²) in [5, 5.41) is 6.93. The Balaban J connectivity index is 1.14. The number of amides is 1. The molecule has 5 heteroatoms. The van der Waals surface area contributed by atoms with E-state index in [9.17, 15) is 4.79 Å². The van der Waals surface area contributed by atoms with Gasteiger partial charge >= 0.3 is 0 Å². The van der Waals surface area contributed by atoms with E-state index >= 15 is 0 Å². The third kappa shape index (κ3) is 5.31.